The van der Waals surface area contributed by atoms with E-state index in [-0.39, 0.29) is 5.91 Å². The first kappa shape index (κ1) is 16.3. The molecule has 1 aromatic carbocycles. The Bertz CT molecular complexity index is 701. The van der Waals surface area contributed by atoms with E-state index in [9.17, 15) is 4.79 Å². The van der Waals surface area contributed by atoms with Gasteiger partial charge in [-0.15, -0.1) is 0 Å². The highest BCUT2D eigenvalue weighted by Gasteiger charge is 2.21. The maximum atomic E-state index is 12.5. The van der Waals surface area contributed by atoms with E-state index in [0.29, 0.717) is 11.7 Å². The van der Waals surface area contributed by atoms with E-state index in [1.165, 1.54) is 17.4 Å². The van der Waals surface area contributed by atoms with Gasteiger partial charge in [-0.25, -0.2) is 4.98 Å². The summed E-state index contributed by atoms with van der Waals surface area (Å²) in [4.78, 5) is 19.2. The molecule has 0 unspecified atom stereocenters. The summed E-state index contributed by atoms with van der Waals surface area (Å²) in [5.41, 5.74) is 2.24. The standard InChI is InChI=1S/C19H24N2OS/c1-3-15-11-16-8-4-5-9-17(16)20-19(15)23-13-18(22)21-10-6-7-14(2)12-21/h4-5,8-9,11,14H,3,6-7,10,12-13H2,1-2H3/t14-/m0/s1. The van der Waals surface area contributed by atoms with Crippen LogP contribution in [0.25, 0.3) is 10.9 Å². The average molecular weight is 328 g/mol. The molecule has 3 nitrogen and oxygen atoms in total. The number of piperidine rings is 1. The van der Waals surface area contributed by atoms with Crippen LogP contribution in [0.1, 0.15) is 32.3 Å². The van der Waals surface area contributed by atoms with Gasteiger partial charge in [0.05, 0.1) is 11.3 Å². The molecule has 0 spiro atoms. The Kier molecular flexibility index (Phi) is 5.21. The molecule has 1 saturated heterocycles. The number of aromatic nitrogens is 1. The summed E-state index contributed by atoms with van der Waals surface area (Å²) in [7, 11) is 0. The summed E-state index contributed by atoms with van der Waals surface area (Å²) < 4.78 is 0. The van der Waals surface area contributed by atoms with Gasteiger partial charge in [0.1, 0.15) is 5.03 Å². The van der Waals surface area contributed by atoms with Crippen LogP contribution < -0.4 is 0 Å². The zero-order valence-electron chi connectivity index (χ0n) is 13.9. The number of amides is 1. The SMILES string of the molecule is CCc1cc2ccccc2nc1SCC(=O)N1CCC[C@H](C)C1. The molecule has 1 aliphatic rings. The molecule has 1 aliphatic heterocycles. The van der Waals surface area contributed by atoms with Crippen LogP contribution in [0.2, 0.25) is 0 Å². The maximum Gasteiger partial charge on any atom is 0.232 e. The predicted molar refractivity (Wildman–Crippen MR) is 96.8 cm³/mol. The lowest BCUT2D eigenvalue weighted by molar-refractivity contribution is -0.130. The largest absolute Gasteiger partial charge is 0.342 e. The van der Waals surface area contributed by atoms with E-state index >= 15 is 0 Å². The van der Waals surface area contributed by atoms with Crippen molar-refractivity contribution in [2.24, 2.45) is 5.92 Å². The van der Waals surface area contributed by atoms with Crippen molar-refractivity contribution in [3.05, 3.63) is 35.9 Å². The minimum atomic E-state index is 0.249. The fraction of sp³-hybridized carbons (Fsp3) is 0.474. The number of fused-ring (bicyclic) bond motifs is 1. The molecule has 0 saturated carbocycles. The van der Waals surface area contributed by atoms with Crippen LogP contribution in [0.15, 0.2) is 35.4 Å². The molecule has 23 heavy (non-hydrogen) atoms. The Hall–Kier alpha value is -1.55. The van der Waals surface area contributed by atoms with Gasteiger partial charge in [0.2, 0.25) is 5.91 Å². The third-order valence-electron chi connectivity index (χ3n) is 4.49. The topological polar surface area (TPSA) is 33.2 Å². The van der Waals surface area contributed by atoms with Gasteiger partial charge in [-0.1, -0.05) is 43.8 Å². The van der Waals surface area contributed by atoms with E-state index in [0.717, 1.165) is 36.5 Å². The van der Waals surface area contributed by atoms with Crippen molar-refractivity contribution in [3.63, 3.8) is 0 Å². The Morgan fingerprint density at radius 1 is 1.39 bits per heavy atom. The molecule has 0 N–H and O–H groups in total. The Morgan fingerprint density at radius 2 is 2.22 bits per heavy atom. The minimum absolute atomic E-state index is 0.249. The molecule has 0 radical (unpaired) electrons. The fourth-order valence-corrected chi connectivity index (χ4v) is 4.15. The zero-order chi connectivity index (χ0) is 16.2. The smallest absolute Gasteiger partial charge is 0.232 e. The van der Waals surface area contributed by atoms with Crippen LogP contribution in [-0.4, -0.2) is 34.6 Å². The van der Waals surface area contributed by atoms with E-state index in [2.05, 4.69) is 26.0 Å². The van der Waals surface area contributed by atoms with Gasteiger partial charge in [-0.05, 0) is 42.9 Å². The maximum absolute atomic E-state index is 12.5. The molecular weight excluding hydrogens is 304 g/mol. The lowest BCUT2D eigenvalue weighted by Crippen LogP contribution is -2.40. The van der Waals surface area contributed by atoms with Gasteiger partial charge in [0.15, 0.2) is 0 Å². The number of aryl methyl sites for hydroxylation is 1. The van der Waals surface area contributed by atoms with E-state index in [1.54, 1.807) is 11.8 Å². The number of hydrogen-bond donors (Lipinski definition) is 0. The van der Waals surface area contributed by atoms with Crippen LogP contribution >= 0.6 is 11.8 Å². The summed E-state index contributed by atoms with van der Waals surface area (Å²) >= 11 is 1.59. The zero-order valence-corrected chi connectivity index (χ0v) is 14.7. The van der Waals surface area contributed by atoms with E-state index < -0.39 is 0 Å². The molecule has 1 aromatic heterocycles. The summed E-state index contributed by atoms with van der Waals surface area (Å²) in [6.45, 7) is 6.19. The highest BCUT2D eigenvalue weighted by molar-refractivity contribution is 7.99. The Labute approximate surface area is 142 Å². The first-order valence-corrected chi connectivity index (χ1v) is 9.45. The number of carbonyl (C=O) groups is 1. The van der Waals surface area contributed by atoms with Crippen molar-refractivity contribution in [1.82, 2.24) is 9.88 Å². The van der Waals surface area contributed by atoms with E-state index in [1.807, 2.05) is 23.1 Å². The van der Waals surface area contributed by atoms with Gasteiger partial charge < -0.3 is 4.90 Å². The molecule has 0 bridgehead atoms. The molecule has 3 rings (SSSR count). The fourth-order valence-electron chi connectivity index (χ4n) is 3.16. The van der Waals surface area contributed by atoms with Crippen LogP contribution in [0.3, 0.4) is 0 Å². The highest BCUT2D eigenvalue weighted by atomic mass is 32.2. The van der Waals surface area contributed by atoms with Gasteiger partial charge >= 0.3 is 0 Å². The first-order chi connectivity index (χ1) is 11.2. The van der Waals surface area contributed by atoms with Crippen LogP contribution in [-0.2, 0) is 11.2 Å². The average Bonchev–Trinajstić information content (AvgIpc) is 2.58. The Balaban J connectivity index is 1.72. The molecule has 2 heterocycles. The number of carbonyl (C=O) groups excluding carboxylic acids is 1. The second kappa shape index (κ2) is 7.35. The van der Waals surface area contributed by atoms with Crippen molar-refractivity contribution in [2.45, 2.75) is 38.1 Å². The summed E-state index contributed by atoms with van der Waals surface area (Å²) in [6, 6.07) is 10.4. The molecule has 1 fully saturated rings. The summed E-state index contributed by atoms with van der Waals surface area (Å²) in [6.07, 6.45) is 3.31. The molecule has 122 valence electrons. The van der Waals surface area contributed by atoms with Crippen molar-refractivity contribution >= 4 is 28.6 Å². The lowest BCUT2D eigenvalue weighted by Gasteiger charge is -2.30. The number of thioether (sulfide) groups is 1. The molecular formula is C19H24N2OS. The highest BCUT2D eigenvalue weighted by Crippen LogP contribution is 2.26. The third-order valence-corrected chi connectivity index (χ3v) is 5.50. The van der Waals surface area contributed by atoms with Gasteiger partial charge in [-0.3, -0.25) is 4.79 Å². The van der Waals surface area contributed by atoms with Gasteiger partial charge in [-0.2, -0.15) is 0 Å². The second-order valence-electron chi connectivity index (χ2n) is 6.37. The van der Waals surface area contributed by atoms with Crippen molar-refractivity contribution in [1.29, 1.82) is 0 Å². The van der Waals surface area contributed by atoms with Crippen LogP contribution in [0, 0.1) is 5.92 Å². The van der Waals surface area contributed by atoms with Crippen molar-refractivity contribution in [2.75, 3.05) is 18.8 Å². The van der Waals surface area contributed by atoms with E-state index in [4.69, 9.17) is 4.98 Å². The molecule has 0 aliphatic carbocycles. The summed E-state index contributed by atoms with van der Waals surface area (Å²) in [5, 5.41) is 2.18. The monoisotopic (exact) mass is 328 g/mol. The molecule has 2 aromatic rings. The number of nitrogens with zero attached hydrogens (tertiary/aromatic N) is 2. The number of rotatable bonds is 4. The number of pyridine rings is 1. The minimum Gasteiger partial charge on any atom is -0.342 e. The Morgan fingerprint density at radius 3 is 3.00 bits per heavy atom. The first-order valence-electron chi connectivity index (χ1n) is 8.46. The number of para-hydroxylation sites is 1. The third kappa shape index (κ3) is 3.86. The molecule has 1 amide bonds. The summed E-state index contributed by atoms with van der Waals surface area (Å²) in [5.74, 6) is 1.37. The molecule has 4 heteroatoms. The molecule has 1 atom stereocenters. The number of hydrogen-bond acceptors (Lipinski definition) is 3. The number of likely N-dealkylation sites (tertiary alicyclic amines) is 1. The van der Waals surface area contributed by atoms with Crippen LogP contribution in [0.5, 0.6) is 0 Å². The van der Waals surface area contributed by atoms with Crippen molar-refractivity contribution in [3.8, 4) is 0 Å². The predicted octanol–water partition coefficient (Wildman–Crippen LogP) is 4.15. The van der Waals surface area contributed by atoms with Crippen LogP contribution in [0.4, 0.5) is 0 Å². The quantitative estimate of drug-likeness (QED) is 0.791. The second-order valence-corrected chi connectivity index (χ2v) is 7.34. The normalized spacial score (nSPS) is 18.3. The lowest BCUT2D eigenvalue weighted by atomic mass is 10.0. The number of benzene rings is 1. The van der Waals surface area contributed by atoms with Crippen molar-refractivity contribution < 1.29 is 4.79 Å². The van der Waals surface area contributed by atoms with Gasteiger partial charge in [0.25, 0.3) is 0 Å². The van der Waals surface area contributed by atoms with Gasteiger partial charge in [0, 0.05) is 18.5 Å².